The zero-order valence-corrected chi connectivity index (χ0v) is 18.2. The van der Waals surface area contributed by atoms with E-state index in [4.69, 9.17) is 4.74 Å². The Labute approximate surface area is 176 Å². The molecule has 0 amide bonds. The number of fused-ring (bicyclic) bond motifs is 5. The first-order valence-corrected chi connectivity index (χ1v) is 12.5. The maximum absolute atomic E-state index is 12.6. The molecule has 0 aromatic carbocycles. The zero-order chi connectivity index (χ0) is 20.0. The van der Waals surface area contributed by atoms with Gasteiger partial charge >= 0.3 is 5.97 Å². The molecule has 6 atom stereocenters. The molecule has 0 saturated heterocycles. The Kier molecular flexibility index (Phi) is 5.37. The van der Waals surface area contributed by atoms with Crippen molar-refractivity contribution in [2.45, 2.75) is 103 Å². The first kappa shape index (κ1) is 19.8. The van der Waals surface area contributed by atoms with Gasteiger partial charge in [0.25, 0.3) is 0 Å². The lowest BCUT2D eigenvalue weighted by Gasteiger charge is -2.53. The standard InChI is InChI=1S/C26H38O3/c1-26-15-14-21-20-10-8-19(27)16-18(20)7-9-22(21)23(26)11-12-24(26)29-25(28)13-6-17-4-2-3-5-17/h16-17,20-24H,2-15H2,1H3/t20-,21+,22+,23-,24-,26-/m0/s1. The van der Waals surface area contributed by atoms with Crippen LogP contribution in [-0.4, -0.2) is 17.9 Å². The summed E-state index contributed by atoms with van der Waals surface area (Å²) >= 11 is 0. The average molecular weight is 399 g/mol. The van der Waals surface area contributed by atoms with Gasteiger partial charge in [-0.1, -0.05) is 38.2 Å². The molecule has 5 aliphatic carbocycles. The highest BCUT2D eigenvalue weighted by Crippen LogP contribution is 2.62. The third-order valence-corrected chi connectivity index (χ3v) is 9.72. The van der Waals surface area contributed by atoms with E-state index in [-0.39, 0.29) is 17.5 Å². The lowest BCUT2D eigenvalue weighted by Crippen LogP contribution is -2.48. The number of hydrogen-bond acceptors (Lipinski definition) is 3. The molecule has 0 unspecified atom stereocenters. The summed E-state index contributed by atoms with van der Waals surface area (Å²) < 4.78 is 6.15. The molecule has 160 valence electrons. The lowest BCUT2D eigenvalue weighted by atomic mass is 9.52. The second-order valence-corrected chi connectivity index (χ2v) is 11.1. The molecule has 5 rings (SSSR count). The minimum Gasteiger partial charge on any atom is -0.462 e. The summed E-state index contributed by atoms with van der Waals surface area (Å²) in [7, 11) is 0. The molecule has 0 aliphatic heterocycles. The fraction of sp³-hybridized carbons (Fsp3) is 0.846. The van der Waals surface area contributed by atoms with Gasteiger partial charge in [0, 0.05) is 18.3 Å². The molecule has 0 spiro atoms. The number of ketones is 1. The summed E-state index contributed by atoms with van der Waals surface area (Å²) in [5.41, 5.74) is 1.63. The number of carbonyl (C=O) groups is 2. The van der Waals surface area contributed by atoms with Crippen molar-refractivity contribution in [1.29, 1.82) is 0 Å². The Hall–Kier alpha value is -1.12. The van der Waals surface area contributed by atoms with E-state index < -0.39 is 0 Å². The van der Waals surface area contributed by atoms with Crippen LogP contribution in [0.15, 0.2) is 11.6 Å². The predicted molar refractivity (Wildman–Crippen MR) is 113 cm³/mol. The molecule has 4 fully saturated rings. The first-order chi connectivity index (χ1) is 14.0. The van der Waals surface area contributed by atoms with Crippen molar-refractivity contribution >= 4 is 11.8 Å². The van der Waals surface area contributed by atoms with Crippen molar-refractivity contribution in [3.05, 3.63) is 11.6 Å². The molecule has 0 bridgehead atoms. The van der Waals surface area contributed by atoms with Crippen LogP contribution in [0.3, 0.4) is 0 Å². The van der Waals surface area contributed by atoms with Crippen molar-refractivity contribution in [3.63, 3.8) is 0 Å². The van der Waals surface area contributed by atoms with Crippen molar-refractivity contribution in [1.82, 2.24) is 0 Å². The molecule has 3 nitrogen and oxygen atoms in total. The number of esters is 1. The first-order valence-electron chi connectivity index (χ1n) is 12.5. The molecule has 4 saturated carbocycles. The van der Waals surface area contributed by atoms with Crippen LogP contribution >= 0.6 is 0 Å². The molecule has 0 N–H and O–H groups in total. The Morgan fingerprint density at radius 2 is 1.86 bits per heavy atom. The number of hydrogen-bond donors (Lipinski definition) is 0. The number of ether oxygens (including phenoxy) is 1. The van der Waals surface area contributed by atoms with Crippen molar-refractivity contribution in [2.24, 2.45) is 35.0 Å². The third kappa shape index (κ3) is 3.61. The SMILES string of the molecule is C[C@]12CC[C@H]3[C@@H](CCC4=CC(=O)CC[C@@H]43)[C@@H]1CC[C@@H]2OC(=O)CCC1CCCC1. The quantitative estimate of drug-likeness (QED) is 0.545. The van der Waals surface area contributed by atoms with Gasteiger partial charge in [0.05, 0.1) is 0 Å². The fourth-order valence-corrected chi connectivity index (χ4v) is 8.16. The Bertz CT molecular complexity index is 688. The van der Waals surface area contributed by atoms with Crippen LogP contribution in [-0.2, 0) is 14.3 Å². The van der Waals surface area contributed by atoms with Gasteiger partial charge < -0.3 is 4.74 Å². The van der Waals surface area contributed by atoms with Gasteiger partial charge in [-0.05, 0) is 87.0 Å². The van der Waals surface area contributed by atoms with Crippen LogP contribution in [0.2, 0.25) is 0 Å². The van der Waals surface area contributed by atoms with E-state index in [1.807, 2.05) is 6.08 Å². The Balaban J connectivity index is 1.22. The van der Waals surface area contributed by atoms with Crippen molar-refractivity contribution in [3.8, 4) is 0 Å². The second-order valence-electron chi connectivity index (χ2n) is 11.1. The normalized spacial score (nSPS) is 42.0. The molecule has 3 heteroatoms. The minimum absolute atomic E-state index is 0.0607. The molecule has 0 radical (unpaired) electrons. The molecule has 5 aliphatic rings. The van der Waals surface area contributed by atoms with Gasteiger partial charge in [0.1, 0.15) is 6.10 Å². The second kappa shape index (κ2) is 7.85. The van der Waals surface area contributed by atoms with E-state index in [1.165, 1.54) is 56.9 Å². The Morgan fingerprint density at radius 3 is 2.69 bits per heavy atom. The smallest absolute Gasteiger partial charge is 0.306 e. The summed E-state index contributed by atoms with van der Waals surface area (Å²) in [6.07, 6.45) is 18.0. The number of carbonyl (C=O) groups excluding carboxylic acids is 2. The zero-order valence-electron chi connectivity index (χ0n) is 18.2. The van der Waals surface area contributed by atoms with Crippen molar-refractivity contribution in [2.75, 3.05) is 0 Å². The summed E-state index contributed by atoms with van der Waals surface area (Å²) in [5, 5.41) is 0. The average Bonchev–Trinajstić information content (AvgIpc) is 3.34. The van der Waals surface area contributed by atoms with Crippen LogP contribution in [0.1, 0.15) is 96.8 Å². The summed E-state index contributed by atoms with van der Waals surface area (Å²) in [6, 6.07) is 0. The highest BCUT2D eigenvalue weighted by atomic mass is 16.5. The number of rotatable bonds is 4. The van der Waals surface area contributed by atoms with E-state index in [1.54, 1.807) is 0 Å². The highest BCUT2D eigenvalue weighted by molar-refractivity contribution is 5.91. The van der Waals surface area contributed by atoms with Crippen LogP contribution in [0.5, 0.6) is 0 Å². The van der Waals surface area contributed by atoms with Gasteiger partial charge in [-0.25, -0.2) is 0 Å². The van der Waals surface area contributed by atoms with Gasteiger partial charge in [-0.3, -0.25) is 9.59 Å². The van der Waals surface area contributed by atoms with Gasteiger partial charge in [0.15, 0.2) is 5.78 Å². The molecule has 29 heavy (non-hydrogen) atoms. The molecule has 0 heterocycles. The minimum atomic E-state index is 0.0607. The molecule has 0 aromatic heterocycles. The van der Waals surface area contributed by atoms with Crippen LogP contribution in [0.25, 0.3) is 0 Å². The van der Waals surface area contributed by atoms with E-state index in [0.717, 1.165) is 49.9 Å². The summed E-state index contributed by atoms with van der Waals surface area (Å²) in [6.45, 7) is 2.42. The van der Waals surface area contributed by atoms with Crippen LogP contribution < -0.4 is 0 Å². The predicted octanol–water partition coefficient (Wildman–Crippen LogP) is 6.01. The number of allylic oxidation sites excluding steroid dienone is 1. The van der Waals surface area contributed by atoms with E-state index in [9.17, 15) is 9.59 Å². The molecule has 0 aromatic rings. The maximum atomic E-state index is 12.6. The molecular weight excluding hydrogens is 360 g/mol. The molecular formula is C26H38O3. The third-order valence-electron chi connectivity index (χ3n) is 9.72. The largest absolute Gasteiger partial charge is 0.462 e. The lowest BCUT2D eigenvalue weighted by molar-refractivity contribution is -0.159. The van der Waals surface area contributed by atoms with Gasteiger partial charge in [-0.15, -0.1) is 0 Å². The van der Waals surface area contributed by atoms with E-state index in [2.05, 4.69) is 6.92 Å². The van der Waals surface area contributed by atoms with E-state index >= 15 is 0 Å². The summed E-state index contributed by atoms with van der Waals surface area (Å²) in [4.78, 5) is 24.5. The summed E-state index contributed by atoms with van der Waals surface area (Å²) in [5.74, 6) is 4.06. The van der Waals surface area contributed by atoms with Gasteiger partial charge in [0.2, 0.25) is 0 Å². The van der Waals surface area contributed by atoms with Crippen LogP contribution in [0.4, 0.5) is 0 Å². The fourth-order valence-electron chi connectivity index (χ4n) is 8.16. The maximum Gasteiger partial charge on any atom is 0.306 e. The topological polar surface area (TPSA) is 43.4 Å². The van der Waals surface area contributed by atoms with Crippen LogP contribution in [0, 0.1) is 35.0 Å². The highest BCUT2D eigenvalue weighted by Gasteiger charge is 2.57. The van der Waals surface area contributed by atoms with Gasteiger partial charge in [-0.2, -0.15) is 0 Å². The Morgan fingerprint density at radius 1 is 1.03 bits per heavy atom. The van der Waals surface area contributed by atoms with E-state index in [0.29, 0.717) is 24.0 Å². The monoisotopic (exact) mass is 398 g/mol. The van der Waals surface area contributed by atoms with Crippen molar-refractivity contribution < 1.29 is 14.3 Å².